The van der Waals surface area contributed by atoms with Crippen molar-refractivity contribution in [2.45, 2.75) is 31.9 Å². The summed E-state index contributed by atoms with van der Waals surface area (Å²) >= 11 is 0. The van der Waals surface area contributed by atoms with E-state index in [4.69, 9.17) is 5.11 Å². The summed E-state index contributed by atoms with van der Waals surface area (Å²) in [5.74, 6) is -1.07. The molecule has 0 aromatic carbocycles. The highest BCUT2D eigenvalue weighted by molar-refractivity contribution is 5.83. The van der Waals surface area contributed by atoms with Gasteiger partial charge in [-0.1, -0.05) is 13.0 Å². The number of hydrogen-bond donors (Lipinski definition) is 2. The molecule has 0 aromatic rings. The quantitative estimate of drug-likeness (QED) is 0.703. The number of aliphatic hydroxyl groups excluding tert-OH is 1. The standard InChI is InChI=1S/C12H20N2O4/c1-3-5-13(6-4-2)12(18)14-8-9(15)7-10(14)11(16)17/h3,9-10,15H,1,4-8H2,2H3,(H,16,17). The third-order valence-corrected chi connectivity index (χ3v) is 2.92. The smallest absolute Gasteiger partial charge is 0.326 e. The van der Waals surface area contributed by atoms with Crippen LogP contribution in [0.3, 0.4) is 0 Å². The summed E-state index contributed by atoms with van der Waals surface area (Å²) < 4.78 is 0. The number of amides is 2. The highest BCUT2D eigenvalue weighted by Crippen LogP contribution is 2.20. The van der Waals surface area contributed by atoms with Gasteiger partial charge in [-0.25, -0.2) is 9.59 Å². The Balaban J connectivity index is 2.79. The Labute approximate surface area is 106 Å². The number of carboxylic acids is 1. The monoisotopic (exact) mass is 256 g/mol. The number of carbonyl (C=O) groups excluding carboxylic acids is 1. The molecule has 1 heterocycles. The molecule has 0 aliphatic carbocycles. The number of carboxylic acid groups (broad SMARTS) is 1. The minimum atomic E-state index is -1.07. The predicted molar refractivity (Wildman–Crippen MR) is 66.2 cm³/mol. The summed E-state index contributed by atoms with van der Waals surface area (Å²) in [4.78, 5) is 26.0. The maximum atomic E-state index is 12.2. The molecule has 2 N–H and O–H groups in total. The first-order chi connectivity index (χ1) is 8.51. The van der Waals surface area contributed by atoms with Gasteiger partial charge in [0, 0.05) is 26.1 Å². The molecule has 6 nitrogen and oxygen atoms in total. The second-order valence-electron chi connectivity index (χ2n) is 4.41. The Kier molecular flexibility index (Phi) is 5.15. The van der Waals surface area contributed by atoms with Gasteiger partial charge < -0.3 is 20.0 Å². The Morgan fingerprint density at radius 1 is 1.56 bits per heavy atom. The molecule has 2 unspecified atom stereocenters. The Hall–Kier alpha value is -1.56. The van der Waals surface area contributed by atoms with Crippen LogP contribution in [0.5, 0.6) is 0 Å². The molecule has 2 amide bonds. The van der Waals surface area contributed by atoms with Crippen molar-refractivity contribution in [2.75, 3.05) is 19.6 Å². The number of nitrogens with zero attached hydrogens (tertiary/aromatic N) is 2. The van der Waals surface area contributed by atoms with E-state index >= 15 is 0 Å². The fourth-order valence-electron chi connectivity index (χ4n) is 2.13. The molecule has 0 bridgehead atoms. The SMILES string of the molecule is C=CCN(CCC)C(=O)N1CC(O)CC1C(=O)O. The van der Waals surface area contributed by atoms with E-state index in [1.54, 1.807) is 11.0 Å². The normalized spacial score (nSPS) is 22.9. The van der Waals surface area contributed by atoms with E-state index in [0.29, 0.717) is 13.1 Å². The minimum Gasteiger partial charge on any atom is -0.480 e. The molecular weight excluding hydrogens is 236 g/mol. The number of β-amino-alcohol motifs (C(OH)–C–C–N with tert-alkyl or cyclic N) is 1. The lowest BCUT2D eigenvalue weighted by Gasteiger charge is -2.29. The summed E-state index contributed by atoms with van der Waals surface area (Å²) in [5.41, 5.74) is 0. The van der Waals surface area contributed by atoms with E-state index in [-0.39, 0.29) is 19.0 Å². The molecule has 1 saturated heterocycles. The topological polar surface area (TPSA) is 81.1 Å². The Bertz CT molecular complexity index is 332. The predicted octanol–water partition coefficient (Wildman–Crippen LogP) is 0.524. The lowest BCUT2D eigenvalue weighted by Crippen LogP contribution is -2.48. The summed E-state index contributed by atoms with van der Waals surface area (Å²) in [6.45, 7) is 6.53. The minimum absolute atomic E-state index is 0.0765. The van der Waals surface area contributed by atoms with Gasteiger partial charge in [-0.3, -0.25) is 0 Å². The Morgan fingerprint density at radius 2 is 2.22 bits per heavy atom. The van der Waals surface area contributed by atoms with Crippen LogP contribution in [-0.4, -0.2) is 63.8 Å². The van der Waals surface area contributed by atoms with Gasteiger partial charge in [0.25, 0.3) is 0 Å². The van der Waals surface area contributed by atoms with Crippen molar-refractivity contribution < 1.29 is 19.8 Å². The van der Waals surface area contributed by atoms with Crippen molar-refractivity contribution in [1.82, 2.24) is 9.80 Å². The molecular formula is C12H20N2O4. The number of carbonyl (C=O) groups is 2. The van der Waals surface area contributed by atoms with Crippen LogP contribution in [0.15, 0.2) is 12.7 Å². The summed E-state index contributed by atoms with van der Waals surface area (Å²) in [7, 11) is 0. The number of hydrogen-bond acceptors (Lipinski definition) is 3. The molecule has 1 aliphatic heterocycles. The van der Waals surface area contributed by atoms with Gasteiger partial charge in [-0.05, 0) is 6.42 Å². The zero-order chi connectivity index (χ0) is 13.7. The van der Waals surface area contributed by atoms with Gasteiger partial charge in [0.05, 0.1) is 6.10 Å². The first-order valence-electron chi connectivity index (χ1n) is 6.08. The van der Waals surface area contributed by atoms with E-state index in [1.807, 2.05) is 6.92 Å². The van der Waals surface area contributed by atoms with Crippen LogP contribution in [0.1, 0.15) is 19.8 Å². The molecule has 0 spiro atoms. The van der Waals surface area contributed by atoms with E-state index in [0.717, 1.165) is 6.42 Å². The molecule has 1 aliphatic rings. The van der Waals surface area contributed by atoms with Crippen LogP contribution in [0.4, 0.5) is 4.79 Å². The average molecular weight is 256 g/mol. The average Bonchev–Trinajstić information content (AvgIpc) is 2.70. The van der Waals surface area contributed by atoms with Crippen molar-refractivity contribution in [2.24, 2.45) is 0 Å². The van der Waals surface area contributed by atoms with E-state index in [2.05, 4.69) is 6.58 Å². The first-order valence-corrected chi connectivity index (χ1v) is 6.08. The second-order valence-corrected chi connectivity index (χ2v) is 4.41. The molecule has 102 valence electrons. The summed E-state index contributed by atoms with van der Waals surface area (Å²) in [5, 5.41) is 18.6. The maximum absolute atomic E-state index is 12.2. The highest BCUT2D eigenvalue weighted by atomic mass is 16.4. The van der Waals surface area contributed by atoms with Crippen molar-refractivity contribution in [1.29, 1.82) is 0 Å². The van der Waals surface area contributed by atoms with Crippen LogP contribution in [0.25, 0.3) is 0 Å². The lowest BCUT2D eigenvalue weighted by molar-refractivity contribution is -0.141. The van der Waals surface area contributed by atoms with E-state index in [9.17, 15) is 14.7 Å². The molecule has 0 radical (unpaired) electrons. The molecule has 2 atom stereocenters. The van der Waals surface area contributed by atoms with Gasteiger partial charge in [-0.15, -0.1) is 6.58 Å². The molecule has 1 fully saturated rings. The molecule has 0 aromatic heterocycles. The van der Waals surface area contributed by atoms with Crippen LogP contribution in [-0.2, 0) is 4.79 Å². The largest absolute Gasteiger partial charge is 0.480 e. The molecule has 1 rings (SSSR count). The van der Waals surface area contributed by atoms with Gasteiger partial charge in [-0.2, -0.15) is 0 Å². The van der Waals surface area contributed by atoms with Gasteiger partial charge in [0.15, 0.2) is 0 Å². The van der Waals surface area contributed by atoms with Crippen molar-refractivity contribution >= 4 is 12.0 Å². The third-order valence-electron chi connectivity index (χ3n) is 2.92. The number of aliphatic carboxylic acids is 1. The Morgan fingerprint density at radius 3 is 2.72 bits per heavy atom. The number of rotatable bonds is 5. The van der Waals surface area contributed by atoms with Gasteiger partial charge in [0.2, 0.25) is 0 Å². The van der Waals surface area contributed by atoms with E-state index < -0.39 is 18.1 Å². The first kappa shape index (κ1) is 14.5. The number of likely N-dealkylation sites (tertiary alicyclic amines) is 1. The zero-order valence-electron chi connectivity index (χ0n) is 10.6. The van der Waals surface area contributed by atoms with Crippen molar-refractivity contribution in [3.8, 4) is 0 Å². The number of aliphatic hydroxyl groups is 1. The van der Waals surface area contributed by atoms with Crippen LogP contribution < -0.4 is 0 Å². The lowest BCUT2D eigenvalue weighted by atomic mass is 10.2. The van der Waals surface area contributed by atoms with Crippen LogP contribution in [0, 0.1) is 0 Å². The van der Waals surface area contributed by atoms with Crippen molar-refractivity contribution in [3.05, 3.63) is 12.7 Å². The van der Waals surface area contributed by atoms with Crippen LogP contribution >= 0.6 is 0 Å². The molecule has 18 heavy (non-hydrogen) atoms. The van der Waals surface area contributed by atoms with Crippen LogP contribution in [0.2, 0.25) is 0 Å². The fourth-order valence-corrected chi connectivity index (χ4v) is 2.13. The van der Waals surface area contributed by atoms with Gasteiger partial charge in [0.1, 0.15) is 6.04 Å². The second kappa shape index (κ2) is 6.39. The molecule has 0 saturated carbocycles. The zero-order valence-corrected chi connectivity index (χ0v) is 10.6. The van der Waals surface area contributed by atoms with E-state index in [1.165, 1.54) is 4.90 Å². The fraction of sp³-hybridized carbons (Fsp3) is 0.667. The summed E-state index contributed by atoms with van der Waals surface area (Å²) in [6, 6.07) is -1.28. The maximum Gasteiger partial charge on any atom is 0.326 e. The molecule has 6 heteroatoms. The van der Waals surface area contributed by atoms with Gasteiger partial charge >= 0.3 is 12.0 Å². The van der Waals surface area contributed by atoms with Crippen molar-refractivity contribution in [3.63, 3.8) is 0 Å². The summed E-state index contributed by atoms with van der Waals surface area (Å²) in [6.07, 6.45) is 1.72. The number of urea groups is 1. The third kappa shape index (κ3) is 3.22. The highest BCUT2D eigenvalue weighted by Gasteiger charge is 2.40.